The van der Waals surface area contributed by atoms with Crippen LogP contribution in [-0.2, 0) is 32.7 Å². The average Bonchev–Trinajstić information content (AvgIpc) is 3.59. The van der Waals surface area contributed by atoms with E-state index in [-0.39, 0.29) is 56.5 Å². The minimum atomic E-state index is -1.02. The van der Waals surface area contributed by atoms with E-state index in [1.807, 2.05) is 13.8 Å². The Morgan fingerprint density at radius 2 is 1.17 bits per heavy atom. The number of hydrogen-bond donors (Lipinski definition) is 5. The van der Waals surface area contributed by atoms with Crippen LogP contribution in [0.5, 0.6) is 11.8 Å². The fraction of sp³-hybridized carbons (Fsp3) is 0.800. The van der Waals surface area contributed by atoms with Crippen molar-refractivity contribution < 1.29 is 52.9 Å². The number of carboxylic acid groups (broad SMARTS) is 1. The van der Waals surface area contributed by atoms with Crippen molar-refractivity contribution in [1.29, 1.82) is 0 Å². The van der Waals surface area contributed by atoms with E-state index in [0.29, 0.717) is 78.0 Å². The summed E-state index contributed by atoms with van der Waals surface area (Å²) in [7, 11) is 3.45. The van der Waals surface area contributed by atoms with Crippen LogP contribution in [0.3, 0.4) is 0 Å². The summed E-state index contributed by atoms with van der Waals surface area (Å²) in [6, 6.07) is 0.573. The molecule has 8 saturated carbocycles. The maximum absolute atomic E-state index is 12.9. The van der Waals surface area contributed by atoms with Crippen LogP contribution < -0.4 is 20.5 Å². The van der Waals surface area contributed by atoms with Crippen molar-refractivity contribution in [2.75, 3.05) is 13.2 Å². The second kappa shape index (κ2) is 18.1. The topological polar surface area (TPSA) is 187 Å². The molecule has 0 aliphatic heterocycles. The average molecular weight is 796 g/mol. The van der Waals surface area contributed by atoms with Crippen molar-refractivity contribution >= 4 is 11.9 Å². The van der Waals surface area contributed by atoms with E-state index in [0.717, 1.165) is 57.3 Å². The molecule has 1 amide bonds. The molecule has 2 heterocycles. The van der Waals surface area contributed by atoms with Crippen molar-refractivity contribution in [2.24, 2.45) is 67.2 Å². The summed E-state index contributed by atoms with van der Waals surface area (Å²) >= 11 is 0. The van der Waals surface area contributed by atoms with Gasteiger partial charge in [-0.3, -0.25) is 4.79 Å². The van der Waals surface area contributed by atoms with E-state index in [1.165, 1.54) is 23.7 Å². The summed E-state index contributed by atoms with van der Waals surface area (Å²) in [5, 5.41) is 41.0. The number of carboxylic acids is 1. The molecule has 2 aromatic rings. The minimum absolute atomic E-state index is 0. The number of aromatic carboxylic acids is 1. The van der Waals surface area contributed by atoms with Gasteiger partial charge in [0.25, 0.3) is 5.91 Å². The number of nitrogens with one attached hydrogen (secondary N) is 1. The zero-order valence-electron chi connectivity index (χ0n) is 31.7. The number of aromatic nitrogens is 4. The molecule has 13 nitrogen and oxygen atoms in total. The van der Waals surface area contributed by atoms with Gasteiger partial charge in [-0.25, -0.2) is 14.2 Å². The maximum atomic E-state index is 12.9. The molecule has 1 radical (unpaired) electrons. The number of carbonyl (C=O) groups is 2. The third kappa shape index (κ3) is 10.0. The third-order valence-corrected chi connectivity index (χ3v) is 12.2. The molecule has 10 rings (SSSR count). The first kappa shape index (κ1) is 45.8. The van der Waals surface area contributed by atoms with Gasteiger partial charge in [0, 0.05) is 44.7 Å². The van der Waals surface area contributed by atoms with Crippen molar-refractivity contribution in [3.05, 3.63) is 23.5 Å². The Balaban J connectivity index is 0.000000231. The Morgan fingerprint density at radius 3 is 1.57 bits per heavy atom. The quantitative estimate of drug-likeness (QED) is 0.219. The number of nitrogens with two attached hydrogens (primary N) is 1. The molecular formula is C40H68N6O7V. The molecule has 0 saturated heterocycles. The maximum Gasteiger partial charge on any atom is 0.342 e. The fourth-order valence-electron chi connectivity index (χ4n) is 10.5. The van der Waals surface area contributed by atoms with Gasteiger partial charge in [-0.2, -0.15) is 10.2 Å². The van der Waals surface area contributed by atoms with Crippen molar-refractivity contribution in [2.45, 2.75) is 130 Å². The van der Waals surface area contributed by atoms with Gasteiger partial charge in [-0.15, -0.1) is 0 Å². The monoisotopic (exact) mass is 795 g/mol. The number of ether oxygens (including phenoxy) is 2. The number of amides is 1. The molecule has 54 heavy (non-hydrogen) atoms. The second-order valence-electron chi connectivity index (χ2n) is 17.7. The zero-order valence-corrected chi connectivity index (χ0v) is 33.1. The van der Waals surface area contributed by atoms with Gasteiger partial charge in [0.1, 0.15) is 11.1 Å². The number of aliphatic hydroxyl groups is 2. The standard InChI is InChI=1S/C19H29N3O3.C10H17NO.C9H14N2O3.2CH4.V/c1-11(2)10-25-18-15(9-20-22(18)3)17(23)21-16-13-4-12-5-14(16)8-19(24,6-12)7-13;11-9-7-1-6-2-8(9)5-10(12,3-6)4-7;1-6(2)5-14-8-7(9(12)13)4-10-11(8)3;;;/h9,11-14,16,24H,4-8,10H2,1-3H3,(H,21,23);6-9,12H,1-5,11H2;4,6H,5H2,1-3H3,(H,12,13);2*1H4;. The first-order chi connectivity index (χ1) is 24.0. The van der Waals surface area contributed by atoms with Crippen LogP contribution in [0.4, 0.5) is 0 Å². The first-order valence-corrected chi connectivity index (χ1v) is 19.1. The predicted octanol–water partition coefficient (Wildman–Crippen LogP) is 5.43. The fourth-order valence-corrected chi connectivity index (χ4v) is 10.5. The molecule has 0 spiro atoms. The molecule has 14 heteroatoms. The van der Waals surface area contributed by atoms with E-state index in [9.17, 15) is 19.8 Å². The Kier molecular flexibility index (Phi) is 15.4. The number of hydrogen-bond acceptors (Lipinski definition) is 9. The Morgan fingerprint density at radius 1 is 0.778 bits per heavy atom. The molecule has 8 bridgehead atoms. The molecule has 4 unspecified atom stereocenters. The van der Waals surface area contributed by atoms with E-state index in [2.05, 4.69) is 29.4 Å². The number of aryl methyl sites for hydroxylation is 2. The van der Waals surface area contributed by atoms with Crippen LogP contribution in [-0.4, -0.2) is 83.3 Å². The van der Waals surface area contributed by atoms with Gasteiger partial charge in [-0.1, -0.05) is 42.5 Å². The molecule has 4 atom stereocenters. The van der Waals surface area contributed by atoms with Crippen LogP contribution in [0.2, 0.25) is 0 Å². The van der Waals surface area contributed by atoms with Gasteiger partial charge in [-0.05, 0) is 112 Å². The van der Waals surface area contributed by atoms with Crippen LogP contribution >= 0.6 is 0 Å². The van der Waals surface area contributed by atoms with Crippen LogP contribution in [0, 0.1) is 47.3 Å². The second-order valence-corrected chi connectivity index (χ2v) is 17.7. The van der Waals surface area contributed by atoms with Gasteiger partial charge in [0.05, 0.1) is 36.8 Å². The Bertz CT molecular complexity index is 1530. The molecule has 8 aliphatic rings. The molecular weight excluding hydrogens is 727 g/mol. The largest absolute Gasteiger partial charge is 0.477 e. The van der Waals surface area contributed by atoms with Crippen molar-refractivity contribution in [3.63, 3.8) is 0 Å². The zero-order chi connectivity index (χ0) is 36.8. The number of rotatable bonds is 9. The Hall–Kier alpha value is -2.58. The summed E-state index contributed by atoms with van der Waals surface area (Å²) < 4.78 is 14.2. The summed E-state index contributed by atoms with van der Waals surface area (Å²) in [5.74, 6) is 3.98. The third-order valence-electron chi connectivity index (χ3n) is 12.2. The van der Waals surface area contributed by atoms with E-state index in [4.69, 9.17) is 20.3 Å². The summed E-state index contributed by atoms with van der Waals surface area (Å²) in [5.41, 5.74) is 5.96. The van der Waals surface area contributed by atoms with Crippen molar-refractivity contribution in [3.8, 4) is 11.8 Å². The molecule has 305 valence electrons. The van der Waals surface area contributed by atoms with Gasteiger partial charge < -0.3 is 35.8 Å². The van der Waals surface area contributed by atoms with E-state index in [1.54, 1.807) is 25.0 Å². The summed E-state index contributed by atoms with van der Waals surface area (Å²) in [6.07, 6.45) is 13.4. The van der Waals surface area contributed by atoms with Gasteiger partial charge in [0.15, 0.2) is 0 Å². The van der Waals surface area contributed by atoms with Crippen LogP contribution in [0.15, 0.2) is 12.4 Å². The van der Waals surface area contributed by atoms with E-state index >= 15 is 0 Å². The predicted molar refractivity (Wildman–Crippen MR) is 204 cm³/mol. The SMILES string of the molecule is C.C.CC(C)COc1c(C(=O)NC2C3CC4CC2CC(O)(C4)C3)cnn1C.CC(C)COc1c(C(=O)O)cnn1C.NC1C2CC3CC1CC(O)(C3)C2.[V]. The summed E-state index contributed by atoms with van der Waals surface area (Å²) in [4.78, 5) is 23.6. The minimum Gasteiger partial charge on any atom is -0.477 e. The summed E-state index contributed by atoms with van der Waals surface area (Å²) in [6.45, 7) is 9.20. The van der Waals surface area contributed by atoms with E-state index < -0.39 is 11.6 Å². The molecule has 6 N–H and O–H groups in total. The van der Waals surface area contributed by atoms with Crippen LogP contribution in [0.1, 0.15) is 127 Å². The molecule has 0 aromatic carbocycles. The number of carbonyl (C=O) groups excluding carboxylic acids is 1. The Labute approximate surface area is 334 Å². The van der Waals surface area contributed by atoms with Gasteiger partial charge >= 0.3 is 5.97 Å². The number of nitrogens with zero attached hydrogens (tertiary/aromatic N) is 4. The molecule has 8 fully saturated rings. The molecule has 8 aliphatic carbocycles. The van der Waals surface area contributed by atoms with Gasteiger partial charge in [0.2, 0.25) is 11.8 Å². The molecule has 2 aromatic heterocycles. The first-order valence-electron chi connectivity index (χ1n) is 19.1. The smallest absolute Gasteiger partial charge is 0.342 e. The van der Waals surface area contributed by atoms with Crippen LogP contribution in [0.25, 0.3) is 0 Å². The normalized spacial score (nSPS) is 33.3. The van der Waals surface area contributed by atoms with Crippen molar-refractivity contribution in [1.82, 2.24) is 24.9 Å².